The molecule has 0 spiro atoms. The van der Waals surface area contributed by atoms with Crippen molar-refractivity contribution in [2.45, 2.75) is 45.1 Å². The summed E-state index contributed by atoms with van der Waals surface area (Å²) in [5.41, 5.74) is 4.03. The third-order valence-electron chi connectivity index (χ3n) is 4.70. The summed E-state index contributed by atoms with van der Waals surface area (Å²) >= 11 is 0. The Labute approximate surface area is 159 Å². The second kappa shape index (κ2) is 7.29. The zero-order valence-electron chi connectivity index (χ0n) is 16.0. The van der Waals surface area contributed by atoms with E-state index in [9.17, 15) is 13.2 Å². The van der Waals surface area contributed by atoms with Gasteiger partial charge in [0.2, 0.25) is 10.0 Å². The van der Waals surface area contributed by atoms with E-state index in [1.165, 1.54) is 0 Å². The Morgan fingerprint density at radius 1 is 1.04 bits per heavy atom. The van der Waals surface area contributed by atoms with E-state index in [0.717, 1.165) is 27.6 Å². The molecule has 142 valence electrons. The first-order valence-corrected chi connectivity index (χ1v) is 10.4. The number of fused-ring (bicyclic) bond motifs is 1. The number of H-pyrrole nitrogens is 1. The van der Waals surface area contributed by atoms with Gasteiger partial charge >= 0.3 is 0 Å². The number of nitrogens with one attached hydrogen (secondary N) is 2. The highest BCUT2D eigenvalue weighted by atomic mass is 32.2. The van der Waals surface area contributed by atoms with E-state index in [2.05, 4.69) is 23.6 Å². The Balaban J connectivity index is 1.87. The molecule has 0 unspecified atom stereocenters. The van der Waals surface area contributed by atoms with Crippen molar-refractivity contribution in [3.05, 3.63) is 75.1 Å². The predicted octanol–water partition coefficient (Wildman–Crippen LogP) is 3.75. The van der Waals surface area contributed by atoms with Crippen LogP contribution in [0, 0.1) is 13.8 Å². The first-order valence-electron chi connectivity index (χ1n) is 8.90. The van der Waals surface area contributed by atoms with Crippen LogP contribution < -0.4 is 10.3 Å². The molecule has 0 bridgehead atoms. The van der Waals surface area contributed by atoms with E-state index in [4.69, 9.17) is 0 Å². The van der Waals surface area contributed by atoms with Gasteiger partial charge in [-0.3, -0.25) is 4.79 Å². The van der Waals surface area contributed by atoms with E-state index in [-0.39, 0.29) is 17.0 Å². The summed E-state index contributed by atoms with van der Waals surface area (Å²) in [7, 11) is -3.69. The number of aromatic amines is 1. The molecule has 6 heteroatoms. The highest BCUT2D eigenvalue weighted by Crippen LogP contribution is 2.19. The van der Waals surface area contributed by atoms with E-state index < -0.39 is 10.0 Å². The fourth-order valence-electron chi connectivity index (χ4n) is 3.14. The summed E-state index contributed by atoms with van der Waals surface area (Å²) < 4.78 is 27.6. The molecule has 0 atom stereocenters. The molecular weight excluding hydrogens is 360 g/mol. The maximum atomic E-state index is 12.5. The van der Waals surface area contributed by atoms with Crippen molar-refractivity contribution in [3.63, 3.8) is 0 Å². The van der Waals surface area contributed by atoms with Crippen molar-refractivity contribution in [3.8, 4) is 0 Å². The number of benzene rings is 2. The highest BCUT2D eigenvalue weighted by Gasteiger charge is 2.15. The summed E-state index contributed by atoms with van der Waals surface area (Å²) in [4.78, 5) is 15.4. The van der Waals surface area contributed by atoms with E-state index in [1.807, 2.05) is 38.1 Å². The molecule has 27 heavy (non-hydrogen) atoms. The minimum atomic E-state index is -3.69. The third kappa shape index (κ3) is 4.12. The number of aromatic nitrogens is 1. The van der Waals surface area contributed by atoms with Gasteiger partial charge in [0.25, 0.3) is 5.56 Å². The molecule has 0 saturated carbocycles. The van der Waals surface area contributed by atoms with Crippen LogP contribution in [0.5, 0.6) is 0 Å². The van der Waals surface area contributed by atoms with Crippen molar-refractivity contribution < 1.29 is 8.42 Å². The largest absolute Gasteiger partial charge is 0.322 e. The standard InChI is InChI=1S/C21H24N2O3S/c1-13(2)16-5-7-18(8-6-16)27(25,26)22-12-17-11-19-15(4)9-14(3)10-20(19)23-21(17)24/h5-11,13,22H,12H2,1-4H3,(H,23,24). The molecule has 3 aromatic rings. The van der Waals surface area contributed by atoms with Gasteiger partial charge in [-0.05, 0) is 60.7 Å². The second-order valence-electron chi connectivity index (χ2n) is 7.22. The van der Waals surface area contributed by atoms with Gasteiger partial charge in [-0.2, -0.15) is 0 Å². The molecular formula is C21H24N2O3S. The van der Waals surface area contributed by atoms with Crippen molar-refractivity contribution in [2.75, 3.05) is 0 Å². The molecule has 0 amide bonds. The smallest absolute Gasteiger partial charge is 0.252 e. The summed E-state index contributed by atoms with van der Waals surface area (Å²) in [6, 6.07) is 12.5. The zero-order chi connectivity index (χ0) is 19.8. The Morgan fingerprint density at radius 3 is 2.33 bits per heavy atom. The number of rotatable bonds is 5. The van der Waals surface area contributed by atoms with Crippen molar-refractivity contribution in [1.29, 1.82) is 0 Å². The minimum Gasteiger partial charge on any atom is -0.322 e. The van der Waals surface area contributed by atoms with E-state index >= 15 is 0 Å². The van der Waals surface area contributed by atoms with Crippen LogP contribution in [0.4, 0.5) is 0 Å². The van der Waals surface area contributed by atoms with Gasteiger partial charge in [-0.25, -0.2) is 13.1 Å². The summed E-state index contributed by atoms with van der Waals surface area (Å²) in [6.45, 7) is 7.98. The van der Waals surface area contributed by atoms with Gasteiger partial charge in [-0.15, -0.1) is 0 Å². The van der Waals surface area contributed by atoms with E-state index in [1.54, 1.807) is 18.2 Å². The highest BCUT2D eigenvalue weighted by molar-refractivity contribution is 7.89. The zero-order valence-corrected chi connectivity index (χ0v) is 16.8. The molecule has 0 aliphatic rings. The predicted molar refractivity (Wildman–Crippen MR) is 109 cm³/mol. The van der Waals surface area contributed by atoms with Gasteiger partial charge in [0.1, 0.15) is 0 Å². The normalized spacial score (nSPS) is 12.0. The van der Waals surface area contributed by atoms with Crippen LogP contribution >= 0.6 is 0 Å². The maximum absolute atomic E-state index is 12.5. The maximum Gasteiger partial charge on any atom is 0.252 e. The van der Waals surface area contributed by atoms with Crippen molar-refractivity contribution in [2.24, 2.45) is 0 Å². The molecule has 1 heterocycles. The summed E-state index contributed by atoms with van der Waals surface area (Å²) in [5, 5.41) is 0.913. The average molecular weight is 385 g/mol. The summed E-state index contributed by atoms with van der Waals surface area (Å²) in [6.07, 6.45) is 0. The lowest BCUT2D eigenvalue weighted by atomic mass is 10.0. The average Bonchev–Trinajstić information content (AvgIpc) is 2.60. The van der Waals surface area contributed by atoms with Crippen LogP contribution in [0.2, 0.25) is 0 Å². The first kappa shape index (κ1) is 19.3. The molecule has 0 aliphatic heterocycles. The lowest BCUT2D eigenvalue weighted by Crippen LogP contribution is -2.27. The fourth-order valence-corrected chi connectivity index (χ4v) is 4.14. The van der Waals surface area contributed by atoms with Gasteiger partial charge in [0.05, 0.1) is 4.90 Å². The van der Waals surface area contributed by atoms with Gasteiger partial charge in [0.15, 0.2) is 0 Å². The fraction of sp³-hybridized carbons (Fsp3) is 0.286. The molecule has 2 N–H and O–H groups in total. The van der Waals surface area contributed by atoms with E-state index in [0.29, 0.717) is 11.5 Å². The van der Waals surface area contributed by atoms with Crippen LogP contribution in [0.1, 0.15) is 42.0 Å². The Kier molecular flexibility index (Phi) is 5.22. The number of aryl methyl sites for hydroxylation is 2. The first-order chi connectivity index (χ1) is 12.7. The van der Waals surface area contributed by atoms with Gasteiger partial charge in [-0.1, -0.05) is 32.0 Å². The molecule has 0 saturated heterocycles. The van der Waals surface area contributed by atoms with Crippen LogP contribution in [0.15, 0.2) is 52.2 Å². The summed E-state index contributed by atoms with van der Waals surface area (Å²) in [5.74, 6) is 0.331. The third-order valence-corrected chi connectivity index (χ3v) is 6.12. The number of sulfonamides is 1. The van der Waals surface area contributed by atoms with Crippen molar-refractivity contribution in [1.82, 2.24) is 9.71 Å². The second-order valence-corrected chi connectivity index (χ2v) is 8.98. The quantitative estimate of drug-likeness (QED) is 0.703. The van der Waals surface area contributed by atoms with Crippen LogP contribution in [0.3, 0.4) is 0 Å². The Bertz CT molecular complexity index is 1140. The lowest BCUT2D eigenvalue weighted by molar-refractivity contribution is 0.581. The molecule has 0 aliphatic carbocycles. The monoisotopic (exact) mass is 384 g/mol. The number of hydrogen-bond acceptors (Lipinski definition) is 3. The molecule has 5 nitrogen and oxygen atoms in total. The SMILES string of the molecule is Cc1cc(C)c2cc(CNS(=O)(=O)c3ccc(C(C)C)cc3)c(=O)[nH]c2c1. The minimum absolute atomic E-state index is 0.0626. The van der Waals surface area contributed by atoms with Crippen molar-refractivity contribution >= 4 is 20.9 Å². The van der Waals surface area contributed by atoms with Crippen LogP contribution in [0.25, 0.3) is 10.9 Å². The van der Waals surface area contributed by atoms with Gasteiger partial charge < -0.3 is 4.98 Å². The Morgan fingerprint density at radius 2 is 1.70 bits per heavy atom. The molecule has 2 aromatic carbocycles. The lowest BCUT2D eigenvalue weighted by Gasteiger charge is -2.10. The van der Waals surface area contributed by atoms with Crippen LogP contribution in [-0.4, -0.2) is 13.4 Å². The molecule has 1 aromatic heterocycles. The number of hydrogen-bond donors (Lipinski definition) is 2. The van der Waals surface area contributed by atoms with Crippen LogP contribution in [-0.2, 0) is 16.6 Å². The van der Waals surface area contributed by atoms with Gasteiger partial charge in [0, 0.05) is 23.0 Å². The topological polar surface area (TPSA) is 79.0 Å². The number of pyridine rings is 1. The molecule has 0 radical (unpaired) electrons. The molecule has 0 fully saturated rings. The molecule has 3 rings (SSSR count). The Hall–Kier alpha value is -2.44.